The van der Waals surface area contributed by atoms with E-state index in [-0.39, 0.29) is 5.91 Å². The summed E-state index contributed by atoms with van der Waals surface area (Å²) in [5, 5.41) is 2.82. The second-order valence-corrected chi connectivity index (χ2v) is 6.01. The predicted octanol–water partition coefficient (Wildman–Crippen LogP) is 4.50. The van der Waals surface area contributed by atoms with Crippen molar-refractivity contribution in [3.8, 4) is 17.4 Å². The molecule has 0 radical (unpaired) electrons. The summed E-state index contributed by atoms with van der Waals surface area (Å²) >= 11 is 0. The molecule has 3 aromatic rings. The van der Waals surface area contributed by atoms with Gasteiger partial charge in [0.05, 0.1) is 6.61 Å². The Kier molecular flexibility index (Phi) is 6.46. The van der Waals surface area contributed by atoms with E-state index >= 15 is 0 Å². The molecule has 1 aromatic carbocycles. The van der Waals surface area contributed by atoms with E-state index in [1.54, 1.807) is 18.3 Å². The lowest BCUT2D eigenvalue weighted by Crippen LogP contribution is -2.20. The van der Waals surface area contributed by atoms with Gasteiger partial charge in [0, 0.05) is 24.9 Å². The Labute approximate surface area is 163 Å². The van der Waals surface area contributed by atoms with Crippen LogP contribution in [0.4, 0.5) is 0 Å². The van der Waals surface area contributed by atoms with Crippen LogP contribution in [0.3, 0.4) is 0 Å². The molecule has 0 unspecified atom stereocenters. The normalized spacial score (nSPS) is 10.8. The molecule has 28 heavy (non-hydrogen) atoms. The number of benzene rings is 1. The van der Waals surface area contributed by atoms with Gasteiger partial charge in [-0.05, 0) is 68.0 Å². The second kappa shape index (κ2) is 9.41. The number of nitrogens with zero attached hydrogens (tertiary/aromatic N) is 1. The average molecular weight is 378 g/mol. The van der Waals surface area contributed by atoms with Crippen LogP contribution in [0.25, 0.3) is 6.08 Å². The van der Waals surface area contributed by atoms with Crippen molar-refractivity contribution in [3.05, 3.63) is 77.9 Å². The molecule has 2 heterocycles. The zero-order chi connectivity index (χ0) is 19.8. The molecule has 0 aliphatic carbocycles. The van der Waals surface area contributed by atoms with Crippen LogP contribution < -0.4 is 14.8 Å². The third-order valence-electron chi connectivity index (χ3n) is 3.78. The number of carbonyl (C=O) groups excluding carboxylic acids is 1. The molecule has 0 bridgehead atoms. The number of aromatic nitrogens is 1. The van der Waals surface area contributed by atoms with Crippen LogP contribution in [0, 0.1) is 6.92 Å². The Bertz CT molecular complexity index is 945. The number of pyridine rings is 1. The third kappa shape index (κ3) is 5.74. The maximum atomic E-state index is 12.0. The molecule has 0 saturated heterocycles. The summed E-state index contributed by atoms with van der Waals surface area (Å²) in [6.45, 7) is 4.77. The highest BCUT2D eigenvalue weighted by Gasteiger charge is 2.03. The molecule has 0 saturated carbocycles. The number of rotatable bonds is 8. The molecule has 0 fully saturated rings. The molecule has 0 spiro atoms. The van der Waals surface area contributed by atoms with Crippen molar-refractivity contribution < 1.29 is 18.7 Å². The Balaban J connectivity index is 1.54. The van der Waals surface area contributed by atoms with E-state index in [4.69, 9.17) is 13.9 Å². The van der Waals surface area contributed by atoms with Gasteiger partial charge in [0.1, 0.15) is 23.0 Å². The monoisotopic (exact) mass is 378 g/mol. The smallest absolute Gasteiger partial charge is 0.244 e. The Morgan fingerprint density at radius 3 is 2.64 bits per heavy atom. The van der Waals surface area contributed by atoms with Gasteiger partial charge in [-0.15, -0.1) is 0 Å². The van der Waals surface area contributed by atoms with Crippen molar-refractivity contribution in [2.75, 3.05) is 6.61 Å². The molecule has 1 N–H and O–H groups in total. The standard InChI is InChI=1S/C22H22N2O4/c1-3-26-18-6-8-20(9-7-18)28-22-14-17(12-13-23-22)15-24-21(25)11-10-19-5-4-16(2)27-19/h4-14H,3,15H2,1-2H3,(H,24,25)/b11-10+. The van der Waals surface area contributed by atoms with E-state index in [0.29, 0.717) is 30.5 Å². The van der Waals surface area contributed by atoms with Gasteiger partial charge in [0.2, 0.25) is 11.8 Å². The van der Waals surface area contributed by atoms with Gasteiger partial charge in [-0.2, -0.15) is 0 Å². The fourth-order valence-electron chi connectivity index (χ4n) is 2.46. The minimum atomic E-state index is -0.208. The maximum absolute atomic E-state index is 12.0. The SMILES string of the molecule is CCOc1ccc(Oc2cc(CNC(=O)/C=C/c3ccc(C)o3)ccn2)cc1. The minimum Gasteiger partial charge on any atom is -0.494 e. The molecule has 6 nitrogen and oxygen atoms in total. The first-order valence-corrected chi connectivity index (χ1v) is 9.00. The highest BCUT2D eigenvalue weighted by Crippen LogP contribution is 2.23. The van der Waals surface area contributed by atoms with Crippen LogP contribution in [0.2, 0.25) is 0 Å². The van der Waals surface area contributed by atoms with E-state index in [1.165, 1.54) is 6.08 Å². The zero-order valence-corrected chi connectivity index (χ0v) is 15.8. The highest BCUT2D eigenvalue weighted by molar-refractivity contribution is 5.91. The summed E-state index contributed by atoms with van der Waals surface area (Å²) in [4.78, 5) is 16.2. The van der Waals surface area contributed by atoms with Crippen LogP contribution in [-0.2, 0) is 11.3 Å². The molecule has 0 aliphatic heterocycles. The molecular weight excluding hydrogens is 356 g/mol. The number of hydrogen-bond acceptors (Lipinski definition) is 5. The number of ether oxygens (including phenoxy) is 2. The van der Waals surface area contributed by atoms with E-state index in [9.17, 15) is 4.79 Å². The number of hydrogen-bond donors (Lipinski definition) is 1. The number of carbonyl (C=O) groups is 1. The molecule has 144 valence electrons. The van der Waals surface area contributed by atoms with Crippen molar-refractivity contribution in [2.45, 2.75) is 20.4 Å². The molecule has 2 aromatic heterocycles. The predicted molar refractivity (Wildman–Crippen MR) is 106 cm³/mol. The van der Waals surface area contributed by atoms with Gasteiger partial charge in [-0.25, -0.2) is 4.98 Å². The lowest BCUT2D eigenvalue weighted by atomic mass is 10.2. The van der Waals surface area contributed by atoms with E-state index in [0.717, 1.165) is 17.1 Å². The van der Waals surface area contributed by atoms with E-state index < -0.39 is 0 Å². The summed E-state index contributed by atoms with van der Waals surface area (Å²) in [6, 6.07) is 14.6. The summed E-state index contributed by atoms with van der Waals surface area (Å²) < 4.78 is 16.6. The minimum absolute atomic E-state index is 0.208. The fourth-order valence-corrected chi connectivity index (χ4v) is 2.46. The van der Waals surface area contributed by atoms with Gasteiger partial charge in [-0.3, -0.25) is 4.79 Å². The number of amides is 1. The van der Waals surface area contributed by atoms with E-state index in [1.807, 2.05) is 56.3 Å². The summed E-state index contributed by atoms with van der Waals surface area (Å²) in [6.07, 6.45) is 4.72. The topological polar surface area (TPSA) is 73.6 Å². The lowest BCUT2D eigenvalue weighted by Gasteiger charge is -2.08. The van der Waals surface area contributed by atoms with Gasteiger partial charge in [0.25, 0.3) is 0 Å². The van der Waals surface area contributed by atoms with Crippen molar-refractivity contribution >= 4 is 12.0 Å². The number of furan rings is 1. The molecule has 0 atom stereocenters. The lowest BCUT2D eigenvalue weighted by molar-refractivity contribution is -0.116. The van der Waals surface area contributed by atoms with Crippen molar-refractivity contribution in [1.82, 2.24) is 10.3 Å². The quantitative estimate of drug-likeness (QED) is 0.584. The van der Waals surface area contributed by atoms with Gasteiger partial charge >= 0.3 is 0 Å². The third-order valence-corrected chi connectivity index (χ3v) is 3.78. The Morgan fingerprint density at radius 2 is 1.93 bits per heavy atom. The van der Waals surface area contributed by atoms with Crippen molar-refractivity contribution in [1.29, 1.82) is 0 Å². The molecule has 3 rings (SSSR count). The van der Waals surface area contributed by atoms with Crippen LogP contribution in [0.5, 0.6) is 17.4 Å². The largest absolute Gasteiger partial charge is 0.494 e. The maximum Gasteiger partial charge on any atom is 0.244 e. The molecule has 1 amide bonds. The Morgan fingerprint density at radius 1 is 1.14 bits per heavy atom. The van der Waals surface area contributed by atoms with Crippen LogP contribution in [-0.4, -0.2) is 17.5 Å². The first-order valence-electron chi connectivity index (χ1n) is 9.00. The summed E-state index contributed by atoms with van der Waals surface area (Å²) in [7, 11) is 0. The summed E-state index contributed by atoms with van der Waals surface area (Å²) in [5.74, 6) is 3.14. The number of nitrogens with one attached hydrogen (secondary N) is 1. The highest BCUT2D eigenvalue weighted by atomic mass is 16.5. The van der Waals surface area contributed by atoms with E-state index in [2.05, 4.69) is 10.3 Å². The van der Waals surface area contributed by atoms with Crippen molar-refractivity contribution in [3.63, 3.8) is 0 Å². The summed E-state index contributed by atoms with van der Waals surface area (Å²) in [5.41, 5.74) is 0.881. The molecule has 6 heteroatoms. The number of aryl methyl sites for hydroxylation is 1. The van der Waals surface area contributed by atoms with Gasteiger partial charge in [-0.1, -0.05) is 0 Å². The zero-order valence-electron chi connectivity index (χ0n) is 15.8. The Hall–Kier alpha value is -3.54. The van der Waals surface area contributed by atoms with Gasteiger partial charge in [0.15, 0.2) is 0 Å². The molecular formula is C22H22N2O4. The second-order valence-electron chi connectivity index (χ2n) is 6.01. The van der Waals surface area contributed by atoms with Gasteiger partial charge < -0.3 is 19.2 Å². The van der Waals surface area contributed by atoms with Crippen LogP contribution in [0.1, 0.15) is 24.0 Å². The van der Waals surface area contributed by atoms with Crippen molar-refractivity contribution in [2.24, 2.45) is 0 Å². The molecule has 0 aliphatic rings. The first-order chi connectivity index (χ1) is 13.6. The first kappa shape index (κ1) is 19.2. The van der Waals surface area contributed by atoms with Crippen LogP contribution >= 0.6 is 0 Å². The fraction of sp³-hybridized carbons (Fsp3) is 0.182. The average Bonchev–Trinajstić information content (AvgIpc) is 3.12. The van der Waals surface area contributed by atoms with Crippen LogP contribution in [0.15, 0.2) is 65.2 Å².